The number of rotatable bonds is 7. The van der Waals surface area contributed by atoms with Crippen molar-refractivity contribution in [2.24, 2.45) is 0 Å². The summed E-state index contributed by atoms with van der Waals surface area (Å²) in [5.74, 6) is 0.977. The van der Waals surface area contributed by atoms with Crippen LogP contribution in [-0.2, 0) is 0 Å². The lowest BCUT2D eigenvalue weighted by molar-refractivity contribution is -1.00. The summed E-state index contributed by atoms with van der Waals surface area (Å²) in [7, 11) is 2.30. The van der Waals surface area contributed by atoms with Gasteiger partial charge in [-0.15, -0.1) is 0 Å². The fourth-order valence-corrected chi connectivity index (χ4v) is 3.32. The molecule has 1 heterocycles. The number of likely N-dealkylation sites (N-methyl/N-ethyl adjacent to an activating group) is 1. The molecule has 3 rings (SSSR count). The SMILES string of the molecule is C[NH+]1CC[NH+](CCCCOc2ccc(-c3ccccc3)cc2)CC1. The van der Waals surface area contributed by atoms with Crippen LogP contribution in [0.3, 0.4) is 0 Å². The van der Waals surface area contributed by atoms with E-state index in [1.165, 1.54) is 50.3 Å². The molecular weight excluding hydrogens is 296 g/mol. The predicted octanol–water partition coefficient (Wildman–Crippen LogP) is 0.926. The van der Waals surface area contributed by atoms with Crippen molar-refractivity contribution in [2.75, 3.05) is 46.4 Å². The second-order valence-electron chi connectivity index (χ2n) is 6.90. The first-order valence-electron chi connectivity index (χ1n) is 9.24. The van der Waals surface area contributed by atoms with Gasteiger partial charge in [0.1, 0.15) is 31.9 Å². The van der Waals surface area contributed by atoms with Crippen molar-refractivity contribution in [3.05, 3.63) is 54.6 Å². The van der Waals surface area contributed by atoms with E-state index in [9.17, 15) is 0 Å². The summed E-state index contributed by atoms with van der Waals surface area (Å²) in [6, 6.07) is 18.9. The number of unbranched alkanes of at least 4 members (excludes halogenated alkanes) is 1. The molecule has 0 amide bonds. The van der Waals surface area contributed by atoms with Gasteiger partial charge >= 0.3 is 0 Å². The second kappa shape index (κ2) is 8.86. The minimum atomic E-state index is 0.823. The maximum atomic E-state index is 5.89. The van der Waals surface area contributed by atoms with Crippen LogP contribution in [0, 0.1) is 0 Å². The number of quaternary nitrogens is 2. The molecule has 1 saturated heterocycles. The van der Waals surface area contributed by atoms with E-state index in [-0.39, 0.29) is 0 Å². The second-order valence-corrected chi connectivity index (χ2v) is 6.90. The Morgan fingerprint density at radius 2 is 1.46 bits per heavy atom. The van der Waals surface area contributed by atoms with Gasteiger partial charge in [0.05, 0.1) is 20.2 Å². The highest BCUT2D eigenvalue weighted by Crippen LogP contribution is 2.22. The van der Waals surface area contributed by atoms with Gasteiger partial charge in [0, 0.05) is 0 Å². The van der Waals surface area contributed by atoms with E-state index in [4.69, 9.17) is 4.74 Å². The van der Waals surface area contributed by atoms with E-state index in [0.29, 0.717) is 0 Å². The molecule has 0 unspecified atom stereocenters. The average molecular weight is 326 g/mol. The van der Waals surface area contributed by atoms with E-state index in [1.807, 2.05) is 6.07 Å². The summed E-state index contributed by atoms with van der Waals surface area (Å²) >= 11 is 0. The molecule has 0 saturated carbocycles. The smallest absolute Gasteiger partial charge is 0.127 e. The van der Waals surface area contributed by atoms with Crippen LogP contribution in [-0.4, -0.2) is 46.4 Å². The molecular formula is C21H30N2O+2. The average Bonchev–Trinajstić information content (AvgIpc) is 2.64. The fourth-order valence-electron chi connectivity index (χ4n) is 3.32. The summed E-state index contributed by atoms with van der Waals surface area (Å²) in [5, 5.41) is 0. The van der Waals surface area contributed by atoms with Crippen LogP contribution >= 0.6 is 0 Å². The van der Waals surface area contributed by atoms with E-state index < -0.39 is 0 Å². The van der Waals surface area contributed by atoms with Crippen LogP contribution < -0.4 is 14.5 Å². The summed E-state index contributed by atoms with van der Waals surface area (Å²) in [6.07, 6.45) is 2.41. The summed E-state index contributed by atoms with van der Waals surface area (Å²) in [4.78, 5) is 3.45. The topological polar surface area (TPSA) is 18.1 Å². The molecule has 128 valence electrons. The van der Waals surface area contributed by atoms with Crippen LogP contribution in [0.2, 0.25) is 0 Å². The highest BCUT2D eigenvalue weighted by atomic mass is 16.5. The zero-order chi connectivity index (χ0) is 16.6. The molecule has 0 aromatic heterocycles. The lowest BCUT2D eigenvalue weighted by Gasteiger charge is -2.27. The zero-order valence-corrected chi connectivity index (χ0v) is 14.8. The Morgan fingerprint density at radius 1 is 0.792 bits per heavy atom. The summed E-state index contributed by atoms with van der Waals surface area (Å²) in [5.41, 5.74) is 2.49. The highest BCUT2D eigenvalue weighted by molar-refractivity contribution is 5.63. The number of hydrogen-bond acceptors (Lipinski definition) is 1. The third kappa shape index (κ3) is 5.08. The molecule has 2 aromatic carbocycles. The van der Waals surface area contributed by atoms with Crippen LogP contribution in [0.25, 0.3) is 11.1 Å². The lowest BCUT2D eigenvalue weighted by atomic mass is 10.1. The standard InChI is InChI=1S/C21H28N2O/c1-22-14-16-23(17-15-22)13-5-6-18-24-21-11-9-20(10-12-21)19-7-3-2-4-8-19/h2-4,7-12H,5-6,13-18H2,1H3/p+2. The number of benzene rings is 2. The summed E-state index contributed by atoms with van der Waals surface area (Å²) in [6.45, 7) is 7.41. The van der Waals surface area contributed by atoms with Crippen molar-refractivity contribution in [1.82, 2.24) is 0 Å². The first-order valence-corrected chi connectivity index (χ1v) is 9.24. The lowest BCUT2D eigenvalue weighted by Crippen LogP contribution is -3.27. The zero-order valence-electron chi connectivity index (χ0n) is 14.8. The number of piperazine rings is 1. The van der Waals surface area contributed by atoms with Crippen LogP contribution in [0.1, 0.15) is 12.8 Å². The number of ether oxygens (including phenoxy) is 1. The van der Waals surface area contributed by atoms with Gasteiger partial charge in [-0.2, -0.15) is 0 Å². The molecule has 2 aromatic rings. The third-order valence-corrected chi connectivity index (χ3v) is 4.97. The Bertz CT molecular complexity index is 589. The molecule has 0 bridgehead atoms. The third-order valence-electron chi connectivity index (χ3n) is 4.97. The van der Waals surface area contributed by atoms with Crippen molar-refractivity contribution < 1.29 is 14.5 Å². The van der Waals surface area contributed by atoms with Crippen molar-refractivity contribution in [1.29, 1.82) is 0 Å². The van der Waals surface area contributed by atoms with Crippen molar-refractivity contribution in [2.45, 2.75) is 12.8 Å². The molecule has 1 aliphatic rings. The Hall–Kier alpha value is -1.84. The quantitative estimate of drug-likeness (QED) is 0.725. The molecule has 0 radical (unpaired) electrons. The molecule has 1 fully saturated rings. The minimum absolute atomic E-state index is 0.823. The summed E-state index contributed by atoms with van der Waals surface area (Å²) < 4.78 is 5.89. The Morgan fingerprint density at radius 3 is 2.17 bits per heavy atom. The van der Waals surface area contributed by atoms with Gasteiger partial charge in [-0.25, -0.2) is 0 Å². The highest BCUT2D eigenvalue weighted by Gasteiger charge is 2.18. The van der Waals surface area contributed by atoms with Gasteiger partial charge in [-0.3, -0.25) is 0 Å². The molecule has 0 spiro atoms. The predicted molar refractivity (Wildman–Crippen MR) is 98.8 cm³/mol. The molecule has 2 N–H and O–H groups in total. The molecule has 0 aliphatic carbocycles. The fraction of sp³-hybridized carbons (Fsp3) is 0.429. The largest absolute Gasteiger partial charge is 0.494 e. The van der Waals surface area contributed by atoms with Crippen molar-refractivity contribution in [3.8, 4) is 16.9 Å². The van der Waals surface area contributed by atoms with E-state index in [0.717, 1.165) is 18.8 Å². The molecule has 24 heavy (non-hydrogen) atoms. The van der Waals surface area contributed by atoms with Crippen LogP contribution in [0.15, 0.2) is 54.6 Å². The Kier molecular flexibility index (Phi) is 6.27. The first kappa shape index (κ1) is 17.0. The van der Waals surface area contributed by atoms with E-state index in [2.05, 4.69) is 55.6 Å². The van der Waals surface area contributed by atoms with Crippen LogP contribution in [0.4, 0.5) is 0 Å². The number of nitrogens with one attached hydrogen (secondary N) is 2. The normalized spacial score (nSPS) is 20.7. The molecule has 0 atom stereocenters. The van der Waals surface area contributed by atoms with E-state index >= 15 is 0 Å². The maximum Gasteiger partial charge on any atom is 0.127 e. The van der Waals surface area contributed by atoms with Crippen molar-refractivity contribution in [3.63, 3.8) is 0 Å². The van der Waals surface area contributed by atoms with Gasteiger partial charge in [-0.05, 0) is 36.1 Å². The van der Waals surface area contributed by atoms with E-state index in [1.54, 1.807) is 9.80 Å². The maximum absolute atomic E-state index is 5.89. The number of hydrogen-bond donors (Lipinski definition) is 2. The molecule has 3 heteroatoms. The van der Waals surface area contributed by atoms with Gasteiger partial charge in [0.15, 0.2) is 0 Å². The Balaban J connectivity index is 1.35. The molecule has 1 aliphatic heterocycles. The van der Waals surface area contributed by atoms with Crippen LogP contribution in [0.5, 0.6) is 5.75 Å². The van der Waals surface area contributed by atoms with Gasteiger partial charge in [0.25, 0.3) is 0 Å². The van der Waals surface area contributed by atoms with Crippen molar-refractivity contribution >= 4 is 0 Å². The Labute approximate surface area is 145 Å². The van der Waals surface area contributed by atoms with Gasteiger partial charge < -0.3 is 14.5 Å². The molecule has 3 nitrogen and oxygen atoms in total. The minimum Gasteiger partial charge on any atom is -0.494 e. The van der Waals surface area contributed by atoms with Gasteiger partial charge in [0.2, 0.25) is 0 Å². The first-order chi connectivity index (χ1) is 11.8. The monoisotopic (exact) mass is 326 g/mol. The van der Waals surface area contributed by atoms with Gasteiger partial charge in [-0.1, -0.05) is 42.5 Å².